The second kappa shape index (κ2) is 8.24. The lowest BCUT2D eigenvalue weighted by atomic mass is 10.2. The molecule has 0 unspecified atom stereocenters. The minimum Gasteiger partial charge on any atom is -0.378 e. The van der Waals surface area contributed by atoms with E-state index >= 15 is 0 Å². The summed E-state index contributed by atoms with van der Waals surface area (Å²) in [7, 11) is -4.40. The van der Waals surface area contributed by atoms with Crippen LogP contribution >= 0.6 is 11.6 Å². The highest BCUT2D eigenvalue weighted by Crippen LogP contribution is 2.35. The number of hydrogen-bond acceptors (Lipinski definition) is 5. The van der Waals surface area contributed by atoms with E-state index in [-0.39, 0.29) is 11.6 Å². The molecule has 1 aliphatic rings. The average Bonchev–Trinajstić information content (AvgIpc) is 2.67. The smallest absolute Gasteiger partial charge is 0.378 e. The van der Waals surface area contributed by atoms with E-state index in [2.05, 4.69) is 9.71 Å². The Labute approximate surface area is 165 Å². The van der Waals surface area contributed by atoms with Gasteiger partial charge in [0.2, 0.25) is 10.0 Å². The summed E-state index contributed by atoms with van der Waals surface area (Å²) in [5, 5.41) is -0.200. The summed E-state index contributed by atoms with van der Waals surface area (Å²) in [6.07, 6.45) is -3.36. The molecule has 3 rings (SSSR count). The fourth-order valence-corrected chi connectivity index (χ4v) is 4.11. The lowest BCUT2D eigenvalue weighted by Gasteiger charge is -2.27. The Kier molecular flexibility index (Phi) is 6.13. The Hall–Kier alpha value is -1.88. The zero-order chi connectivity index (χ0) is 20.4. The molecular weight excluding hydrogens is 419 g/mol. The molecule has 0 spiro atoms. The van der Waals surface area contributed by atoms with Crippen LogP contribution in [0.5, 0.6) is 0 Å². The molecule has 2 heterocycles. The van der Waals surface area contributed by atoms with Crippen LogP contribution in [0, 0.1) is 0 Å². The number of halogens is 4. The van der Waals surface area contributed by atoms with Gasteiger partial charge in [-0.3, -0.25) is 0 Å². The van der Waals surface area contributed by atoms with Gasteiger partial charge in [0.15, 0.2) is 0 Å². The van der Waals surface area contributed by atoms with Crippen LogP contribution in [0.15, 0.2) is 41.4 Å². The Morgan fingerprint density at radius 1 is 1.18 bits per heavy atom. The second-order valence-electron chi connectivity index (χ2n) is 6.09. The van der Waals surface area contributed by atoms with Crippen molar-refractivity contribution in [2.24, 2.45) is 0 Å². The van der Waals surface area contributed by atoms with Crippen molar-refractivity contribution < 1.29 is 26.3 Å². The van der Waals surface area contributed by atoms with Gasteiger partial charge in [0.25, 0.3) is 0 Å². The van der Waals surface area contributed by atoms with Crippen molar-refractivity contribution in [3.8, 4) is 0 Å². The van der Waals surface area contributed by atoms with Gasteiger partial charge < -0.3 is 9.64 Å². The first-order valence-corrected chi connectivity index (χ1v) is 10.2. The minimum absolute atomic E-state index is 0.196. The molecule has 11 heteroatoms. The number of sulfonamides is 1. The third kappa shape index (κ3) is 4.93. The van der Waals surface area contributed by atoms with Gasteiger partial charge in [0, 0.05) is 30.9 Å². The van der Waals surface area contributed by atoms with Crippen LogP contribution in [0.25, 0.3) is 0 Å². The summed E-state index contributed by atoms with van der Waals surface area (Å²) < 4.78 is 71.8. The Bertz CT molecular complexity index is 931. The van der Waals surface area contributed by atoms with E-state index in [1.54, 1.807) is 12.1 Å². The third-order valence-corrected chi connectivity index (χ3v) is 5.84. The first-order chi connectivity index (χ1) is 13.2. The number of morpholine rings is 1. The normalized spacial score (nSPS) is 15.6. The predicted octanol–water partition coefficient (Wildman–Crippen LogP) is 3.07. The van der Waals surface area contributed by atoms with E-state index in [0.29, 0.717) is 37.9 Å². The van der Waals surface area contributed by atoms with Crippen molar-refractivity contribution in [1.82, 2.24) is 9.71 Å². The average molecular weight is 436 g/mol. The van der Waals surface area contributed by atoms with Crippen molar-refractivity contribution in [3.05, 3.63) is 52.7 Å². The van der Waals surface area contributed by atoms with Gasteiger partial charge in [0.05, 0.1) is 23.7 Å². The highest BCUT2D eigenvalue weighted by atomic mass is 35.5. The van der Waals surface area contributed by atoms with Crippen LogP contribution in [-0.2, 0) is 27.5 Å². The largest absolute Gasteiger partial charge is 0.417 e. The third-order valence-electron chi connectivity index (χ3n) is 4.15. The molecule has 152 valence electrons. The molecule has 1 fully saturated rings. The number of alkyl halides is 3. The van der Waals surface area contributed by atoms with E-state index in [1.165, 1.54) is 6.20 Å². The fraction of sp³-hybridized carbons (Fsp3) is 0.353. The maximum atomic E-state index is 13.2. The zero-order valence-corrected chi connectivity index (χ0v) is 16.1. The van der Waals surface area contributed by atoms with Gasteiger partial charge in [-0.15, -0.1) is 0 Å². The lowest BCUT2D eigenvalue weighted by molar-refractivity contribution is -0.139. The number of aromatic nitrogens is 1. The van der Waals surface area contributed by atoms with E-state index < -0.39 is 26.7 Å². The molecular formula is C17H17ClF3N3O3S. The number of rotatable bonds is 5. The number of pyridine rings is 1. The number of anilines is 1. The van der Waals surface area contributed by atoms with Crippen molar-refractivity contribution in [3.63, 3.8) is 0 Å². The van der Waals surface area contributed by atoms with E-state index in [9.17, 15) is 21.6 Å². The summed E-state index contributed by atoms with van der Waals surface area (Å²) in [4.78, 5) is 5.44. The predicted molar refractivity (Wildman–Crippen MR) is 97.7 cm³/mol. The fourth-order valence-electron chi connectivity index (χ4n) is 2.71. The molecule has 1 aliphatic heterocycles. The number of hydrogen-bond donors (Lipinski definition) is 1. The standard InChI is InChI=1S/C17H17ClF3N3O3S/c18-13-2-3-15(14(9-13)17(19,20)21)28(25,26)23-11-12-1-4-16(22-10-12)24-5-7-27-8-6-24/h1-4,9-10,23H,5-8,11H2. The molecule has 6 nitrogen and oxygen atoms in total. The van der Waals surface area contributed by atoms with Gasteiger partial charge >= 0.3 is 6.18 Å². The molecule has 1 aromatic heterocycles. The van der Waals surface area contributed by atoms with Crippen LogP contribution < -0.4 is 9.62 Å². The van der Waals surface area contributed by atoms with Gasteiger partial charge in [-0.1, -0.05) is 17.7 Å². The maximum absolute atomic E-state index is 13.2. The summed E-state index contributed by atoms with van der Waals surface area (Å²) in [5.74, 6) is 0.729. The molecule has 0 atom stereocenters. The first kappa shape index (κ1) is 20.8. The van der Waals surface area contributed by atoms with Crippen LogP contribution in [0.4, 0.5) is 19.0 Å². The topological polar surface area (TPSA) is 71.5 Å². The van der Waals surface area contributed by atoms with Crippen molar-refractivity contribution in [2.75, 3.05) is 31.2 Å². The molecule has 0 bridgehead atoms. The SMILES string of the molecule is O=S(=O)(NCc1ccc(N2CCOCC2)nc1)c1ccc(Cl)cc1C(F)(F)F. The number of ether oxygens (including phenoxy) is 1. The van der Waals surface area contributed by atoms with Crippen molar-refractivity contribution in [2.45, 2.75) is 17.6 Å². The molecule has 1 N–H and O–H groups in total. The van der Waals surface area contributed by atoms with Crippen molar-refractivity contribution in [1.29, 1.82) is 0 Å². The molecule has 0 amide bonds. The molecule has 1 saturated heterocycles. The molecule has 0 saturated carbocycles. The number of nitrogens with one attached hydrogen (secondary N) is 1. The number of benzene rings is 1. The van der Waals surface area contributed by atoms with E-state index in [0.717, 1.165) is 18.0 Å². The van der Waals surface area contributed by atoms with Gasteiger partial charge in [0.1, 0.15) is 5.82 Å². The van der Waals surface area contributed by atoms with E-state index in [4.69, 9.17) is 16.3 Å². The van der Waals surface area contributed by atoms with Gasteiger partial charge in [-0.2, -0.15) is 13.2 Å². The Morgan fingerprint density at radius 3 is 2.50 bits per heavy atom. The van der Waals surface area contributed by atoms with Crippen LogP contribution in [0.2, 0.25) is 5.02 Å². The van der Waals surface area contributed by atoms with Crippen LogP contribution in [0.1, 0.15) is 11.1 Å². The molecule has 1 aromatic carbocycles. The van der Waals surface area contributed by atoms with Crippen molar-refractivity contribution >= 4 is 27.4 Å². The summed E-state index contributed by atoms with van der Waals surface area (Å²) >= 11 is 5.59. The van der Waals surface area contributed by atoms with Gasteiger partial charge in [-0.25, -0.2) is 18.1 Å². The summed E-state index contributed by atoms with van der Waals surface area (Å²) in [6, 6.07) is 5.94. The monoisotopic (exact) mass is 435 g/mol. The summed E-state index contributed by atoms with van der Waals surface area (Å²) in [6.45, 7) is 2.42. The molecule has 2 aromatic rings. The Balaban J connectivity index is 1.73. The highest BCUT2D eigenvalue weighted by molar-refractivity contribution is 7.89. The Morgan fingerprint density at radius 2 is 1.89 bits per heavy atom. The molecule has 0 radical (unpaired) electrons. The van der Waals surface area contributed by atoms with Gasteiger partial charge in [-0.05, 0) is 29.8 Å². The molecule has 0 aliphatic carbocycles. The van der Waals surface area contributed by atoms with E-state index in [1.807, 2.05) is 4.90 Å². The number of nitrogens with zero attached hydrogens (tertiary/aromatic N) is 2. The minimum atomic E-state index is -4.85. The quantitative estimate of drug-likeness (QED) is 0.781. The highest BCUT2D eigenvalue weighted by Gasteiger charge is 2.37. The zero-order valence-electron chi connectivity index (χ0n) is 14.5. The van der Waals surface area contributed by atoms with Crippen LogP contribution in [0.3, 0.4) is 0 Å². The van der Waals surface area contributed by atoms with Crippen LogP contribution in [-0.4, -0.2) is 39.7 Å². The summed E-state index contributed by atoms with van der Waals surface area (Å²) in [5.41, 5.74) is -0.795. The second-order valence-corrected chi connectivity index (χ2v) is 8.26. The first-order valence-electron chi connectivity index (χ1n) is 8.31. The lowest BCUT2D eigenvalue weighted by Crippen LogP contribution is -2.36. The molecule has 28 heavy (non-hydrogen) atoms. The maximum Gasteiger partial charge on any atom is 0.417 e.